The molecule has 2 amide bonds. The maximum Gasteiger partial charge on any atom is 0.411 e. The van der Waals surface area contributed by atoms with Crippen LogP contribution in [0, 0.1) is 0 Å². The van der Waals surface area contributed by atoms with E-state index in [1.807, 2.05) is 24.3 Å². The number of nitrogens with one attached hydrogen (secondary N) is 1. The lowest BCUT2D eigenvalue weighted by molar-refractivity contribution is -0.166. The largest absolute Gasteiger partial charge is 0.456 e. The Morgan fingerprint density at radius 2 is 1.45 bits per heavy atom. The van der Waals surface area contributed by atoms with Crippen LogP contribution in [0.15, 0.2) is 84.9 Å². The second-order valence-electron chi connectivity index (χ2n) is 14.4. The second kappa shape index (κ2) is 14.3. The lowest BCUT2D eigenvalue weighted by Gasteiger charge is -2.45. The van der Waals surface area contributed by atoms with E-state index >= 15 is 0 Å². The first-order valence-corrected chi connectivity index (χ1v) is 19.0. The van der Waals surface area contributed by atoms with Gasteiger partial charge in [0.05, 0.1) is 6.42 Å². The molecule has 0 aromatic heterocycles. The number of ether oxygens (including phenoxy) is 3. The van der Waals surface area contributed by atoms with Gasteiger partial charge in [-0.1, -0.05) is 69.3 Å². The predicted octanol–water partition coefficient (Wildman–Crippen LogP) is 8.53. The molecule has 1 fully saturated rings. The molecule has 9 nitrogen and oxygen atoms in total. The van der Waals surface area contributed by atoms with Crippen molar-refractivity contribution < 1.29 is 33.0 Å². The normalized spacial score (nSPS) is 18.9. The maximum atomic E-state index is 14.2. The van der Waals surface area contributed by atoms with E-state index in [9.17, 15) is 14.4 Å². The van der Waals surface area contributed by atoms with Gasteiger partial charge < -0.3 is 24.0 Å². The average molecular weight is 661 g/mol. The number of hydrogen-bond acceptors (Lipinski definition) is 7. The molecule has 1 N–H and O–H groups in total. The van der Waals surface area contributed by atoms with Gasteiger partial charge >= 0.3 is 12.1 Å². The fourth-order valence-electron chi connectivity index (χ4n) is 5.06. The molecular weight excluding hydrogens is 613 g/mol. The molecule has 0 radical (unpaired) electrons. The third-order valence-corrected chi connectivity index (χ3v) is 12.9. The van der Waals surface area contributed by atoms with Crippen molar-refractivity contribution in [3.05, 3.63) is 96.1 Å². The number of rotatable bonds is 8. The Hall–Kier alpha value is -4.15. The molecule has 3 aromatic carbocycles. The highest BCUT2D eigenvalue weighted by molar-refractivity contribution is 6.74. The zero-order valence-electron chi connectivity index (χ0n) is 28.8. The Kier molecular flexibility index (Phi) is 10.9. The Labute approximate surface area is 279 Å². The summed E-state index contributed by atoms with van der Waals surface area (Å²) in [5.74, 6) is -1.57. The molecule has 1 saturated heterocycles. The molecule has 4 rings (SSSR count). The van der Waals surface area contributed by atoms with Crippen molar-refractivity contribution in [2.75, 3.05) is 6.54 Å². The van der Waals surface area contributed by atoms with Crippen LogP contribution in [-0.2, 0) is 13.9 Å². The number of hydrogen-bond donors (Lipinski definition) is 1. The van der Waals surface area contributed by atoms with Crippen LogP contribution in [0.5, 0.6) is 11.5 Å². The van der Waals surface area contributed by atoms with Crippen LogP contribution in [0.3, 0.4) is 0 Å². The molecule has 3 aromatic rings. The number of nitrogens with zero attached hydrogens (tertiary/aromatic N) is 1. The van der Waals surface area contributed by atoms with Gasteiger partial charge in [0.15, 0.2) is 8.32 Å². The van der Waals surface area contributed by atoms with Crippen molar-refractivity contribution in [3.8, 4) is 11.5 Å². The van der Waals surface area contributed by atoms with E-state index in [1.165, 1.54) is 4.90 Å². The van der Waals surface area contributed by atoms with Gasteiger partial charge in [-0.05, 0) is 81.7 Å². The van der Waals surface area contributed by atoms with E-state index in [1.54, 1.807) is 81.4 Å². The molecule has 2 atom stereocenters. The molecule has 10 heteroatoms. The van der Waals surface area contributed by atoms with Crippen LogP contribution in [0.2, 0.25) is 18.1 Å². The first kappa shape index (κ1) is 35.7. The fraction of sp³-hybridized carbons (Fsp3) is 0.432. The van der Waals surface area contributed by atoms with Gasteiger partial charge in [0.1, 0.15) is 28.8 Å². The summed E-state index contributed by atoms with van der Waals surface area (Å²) in [6.07, 6.45) is -0.768. The number of para-hydroxylation sites is 2. The topological polar surface area (TPSA) is 103 Å². The van der Waals surface area contributed by atoms with Gasteiger partial charge in [0, 0.05) is 18.5 Å². The second-order valence-corrected chi connectivity index (χ2v) is 19.1. The quantitative estimate of drug-likeness (QED) is 0.147. The Bertz CT molecular complexity index is 1530. The minimum atomic E-state index is -2.61. The zero-order valence-corrected chi connectivity index (χ0v) is 29.8. The smallest absolute Gasteiger partial charge is 0.411 e. The van der Waals surface area contributed by atoms with E-state index in [0.29, 0.717) is 29.9 Å². The first-order valence-electron chi connectivity index (χ1n) is 16.1. The van der Waals surface area contributed by atoms with Crippen LogP contribution in [-0.4, -0.2) is 55.3 Å². The minimum Gasteiger partial charge on any atom is -0.456 e. The molecular formula is C37H48N2O7Si. The molecule has 0 aliphatic carbocycles. The third-order valence-electron chi connectivity index (χ3n) is 8.40. The lowest BCUT2D eigenvalue weighted by atomic mass is 10.1. The van der Waals surface area contributed by atoms with E-state index < -0.39 is 37.9 Å². The van der Waals surface area contributed by atoms with E-state index in [-0.39, 0.29) is 29.5 Å². The van der Waals surface area contributed by atoms with Gasteiger partial charge in [-0.2, -0.15) is 0 Å². The highest BCUT2D eigenvalue weighted by Gasteiger charge is 2.51. The summed E-state index contributed by atoms with van der Waals surface area (Å²) in [6.45, 7) is 16.1. The summed E-state index contributed by atoms with van der Waals surface area (Å²) in [5, 5.41) is 2.80. The highest BCUT2D eigenvalue weighted by Crippen LogP contribution is 2.44. The Balaban J connectivity index is 1.75. The predicted molar refractivity (Wildman–Crippen MR) is 184 cm³/mol. The number of benzene rings is 3. The molecule has 0 bridgehead atoms. The van der Waals surface area contributed by atoms with Crippen molar-refractivity contribution in [3.63, 3.8) is 0 Å². The Morgan fingerprint density at radius 3 is 2.06 bits per heavy atom. The molecule has 47 heavy (non-hydrogen) atoms. The number of esters is 1. The molecule has 0 saturated carbocycles. The molecule has 1 heterocycles. The van der Waals surface area contributed by atoms with Gasteiger partial charge in [-0.25, -0.2) is 9.59 Å². The fourth-order valence-corrected chi connectivity index (χ4v) is 6.52. The minimum absolute atomic E-state index is 0.00915. The SMILES string of the molecule is CC(C)(C)OC(=O)N1CCCC(OC(=O)c2ccccc2Oc2ccccc2)(O[Si](C)(C)C(C)(C)C)CC1NC(=O)c1ccccc1. The van der Waals surface area contributed by atoms with E-state index in [2.05, 4.69) is 39.2 Å². The van der Waals surface area contributed by atoms with Crippen LogP contribution < -0.4 is 10.1 Å². The monoisotopic (exact) mass is 660 g/mol. The van der Waals surface area contributed by atoms with Crippen LogP contribution in [0.1, 0.15) is 81.5 Å². The van der Waals surface area contributed by atoms with Crippen molar-refractivity contribution >= 4 is 26.3 Å². The summed E-state index contributed by atoms with van der Waals surface area (Å²) in [5.41, 5.74) is -0.102. The van der Waals surface area contributed by atoms with Gasteiger partial charge in [-0.3, -0.25) is 9.69 Å². The number of carbonyl (C=O) groups excluding carboxylic acids is 3. The number of carbonyl (C=O) groups is 3. The van der Waals surface area contributed by atoms with Gasteiger partial charge in [-0.15, -0.1) is 0 Å². The van der Waals surface area contributed by atoms with Crippen molar-refractivity contribution in [1.82, 2.24) is 10.2 Å². The van der Waals surface area contributed by atoms with Crippen LogP contribution >= 0.6 is 0 Å². The third kappa shape index (κ3) is 9.45. The van der Waals surface area contributed by atoms with E-state index in [4.69, 9.17) is 18.6 Å². The summed E-state index contributed by atoms with van der Waals surface area (Å²) < 4.78 is 25.4. The number of amides is 2. The molecule has 1 aliphatic heterocycles. The molecule has 1 aliphatic rings. The molecule has 2 unspecified atom stereocenters. The van der Waals surface area contributed by atoms with E-state index in [0.717, 1.165) is 0 Å². The standard InChI is InChI=1S/C37H48N2O7Si/c1-35(2,3)45-34(42)39-25-17-24-37(46-47(7,8)36(4,5)6,26-31(39)38-32(40)27-18-11-9-12-19-27)44-33(41)29-22-15-16-23-30(29)43-28-20-13-10-14-21-28/h9-16,18-23,31H,17,24-26H2,1-8H3,(H,38,40). The number of likely N-dealkylation sites (tertiary alicyclic amines) is 1. The highest BCUT2D eigenvalue weighted by atomic mass is 28.4. The van der Waals surface area contributed by atoms with Crippen LogP contribution in [0.4, 0.5) is 4.79 Å². The van der Waals surface area contributed by atoms with Crippen molar-refractivity contribution in [2.45, 2.75) is 96.5 Å². The molecule has 0 spiro atoms. The Morgan fingerprint density at radius 1 is 0.851 bits per heavy atom. The molecule has 252 valence electrons. The van der Waals surface area contributed by atoms with Gasteiger partial charge in [0.25, 0.3) is 5.91 Å². The van der Waals surface area contributed by atoms with Crippen molar-refractivity contribution in [1.29, 1.82) is 0 Å². The lowest BCUT2D eigenvalue weighted by Crippen LogP contribution is -2.57. The van der Waals surface area contributed by atoms with Crippen LogP contribution in [0.25, 0.3) is 0 Å². The summed E-state index contributed by atoms with van der Waals surface area (Å²) in [4.78, 5) is 42.8. The summed E-state index contributed by atoms with van der Waals surface area (Å²) >= 11 is 0. The maximum absolute atomic E-state index is 14.2. The zero-order chi connectivity index (χ0) is 34.5. The summed E-state index contributed by atoms with van der Waals surface area (Å²) in [6, 6.07) is 24.9. The first-order chi connectivity index (χ1) is 22.0. The van der Waals surface area contributed by atoms with Gasteiger partial charge in [0.2, 0.25) is 5.79 Å². The summed E-state index contributed by atoms with van der Waals surface area (Å²) in [7, 11) is -2.61. The van der Waals surface area contributed by atoms with Crippen molar-refractivity contribution in [2.24, 2.45) is 0 Å². The average Bonchev–Trinajstić information content (AvgIpc) is 3.15.